The quantitative estimate of drug-likeness (QED) is 0.844. The van der Waals surface area contributed by atoms with E-state index in [0.717, 1.165) is 11.3 Å². The van der Waals surface area contributed by atoms with Gasteiger partial charge in [-0.2, -0.15) is 5.10 Å². The summed E-state index contributed by atoms with van der Waals surface area (Å²) in [6.07, 6.45) is 3.08. The van der Waals surface area contributed by atoms with Gasteiger partial charge in [-0.3, -0.25) is 9.89 Å². The lowest BCUT2D eigenvalue weighted by Gasteiger charge is -2.25. The fourth-order valence-corrected chi connectivity index (χ4v) is 2.11. The van der Waals surface area contributed by atoms with Crippen LogP contribution in [0.3, 0.4) is 0 Å². The maximum absolute atomic E-state index is 12.0. The number of carbonyl (C=O) groups is 1. The van der Waals surface area contributed by atoms with Gasteiger partial charge in [-0.05, 0) is 31.8 Å². The second kappa shape index (κ2) is 6.90. The molecule has 2 aromatic rings. The van der Waals surface area contributed by atoms with E-state index in [1.807, 2.05) is 38.4 Å². The minimum absolute atomic E-state index is 0.0657. The first kappa shape index (κ1) is 15.1. The van der Waals surface area contributed by atoms with Gasteiger partial charge in [0, 0.05) is 12.7 Å². The van der Waals surface area contributed by atoms with Gasteiger partial charge in [0.2, 0.25) is 0 Å². The Balaban J connectivity index is 2.07. The van der Waals surface area contributed by atoms with Crippen LogP contribution in [-0.2, 0) is 0 Å². The molecule has 1 unspecified atom stereocenters. The van der Waals surface area contributed by atoms with Gasteiger partial charge < -0.3 is 15.0 Å². The molecule has 0 spiro atoms. The summed E-state index contributed by atoms with van der Waals surface area (Å²) in [7, 11) is 5.60. The number of hydrogen-bond acceptors (Lipinski definition) is 4. The number of carbonyl (C=O) groups excluding carboxylic acids is 1. The molecule has 0 saturated carbocycles. The third-order valence-electron chi connectivity index (χ3n) is 3.32. The first-order valence-corrected chi connectivity index (χ1v) is 6.69. The van der Waals surface area contributed by atoms with Gasteiger partial charge in [0.15, 0.2) is 0 Å². The van der Waals surface area contributed by atoms with Crippen molar-refractivity contribution in [1.82, 2.24) is 20.4 Å². The molecule has 1 atom stereocenters. The highest BCUT2D eigenvalue weighted by atomic mass is 16.5. The van der Waals surface area contributed by atoms with E-state index in [4.69, 9.17) is 4.74 Å². The second-order valence-electron chi connectivity index (χ2n) is 4.95. The molecule has 1 heterocycles. The number of likely N-dealkylation sites (N-methyl/N-ethyl adjacent to an activating group) is 1. The van der Waals surface area contributed by atoms with E-state index in [2.05, 4.69) is 20.4 Å². The first-order valence-electron chi connectivity index (χ1n) is 6.69. The fourth-order valence-electron chi connectivity index (χ4n) is 2.11. The van der Waals surface area contributed by atoms with Gasteiger partial charge in [-0.25, -0.2) is 0 Å². The molecule has 0 bridgehead atoms. The molecule has 0 fully saturated rings. The minimum atomic E-state index is -0.140. The van der Waals surface area contributed by atoms with Crippen molar-refractivity contribution >= 4 is 5.91 Å². The molecule has 0 aliphatic heterocycles. The van der Waals surface area contributed by atoms with Crippen molar-refractivity contribution in [2.24, 2.45) is 0 Å². The Bertz CT molecular complexity index is 581. The molecule has 21 heavy (non-hydrogen) atoms. The van der Waals surface area contributed by atoms with E-state index < -0.39 is 0 Å². The summed E-state index contributed by atoms with van der Waals surface area (Å²) in [4.78, 5) is 14.0. The lowest BCUT2D eigenvalue weighted by molar-refractivity contribution is 0.0942. The summed E-state index contributed by atoms with van der Waals surface area (Å²) in [5.41, 5.74) is 1.62. The molecule has 2 N–H and O–H groups in total. The van der Waals surface area contributed by atoms with Gasteiger partial charge in [0.1, 0.15) is 5.75 Å². The summed E-state index contributed by atoms with van der Waals surface area (Å²) in [6, 6.07) is 7.92. The predicted molar refractivity (Wildman–Crippen MR) is 80.3 cm³/mol. The third-order valence-corrected chi connectivity index (χ3v) is 3.32. The van der Waals surface area contributed by atoms with Crippen molar-refractivity contribution in [1.29, 1.82) is 0 Å². The standard InChI is InChI=1S/C15H20N4O2/c1-19(2)14(11-5-4-6-13(7-11)21-3)10-16-15(20)12-8-17-18-9-12/h4-9,14H,10H2,1-3H3,(H,16,20)(H,17,18). The molecule has 1 aromatic heterocycles. The molecule has 2 rings (SSSR count). The number of aromatic nitrogens is 2. The first-order chi connectivity index (χ1) is 10.1. The highest BCUT2D eigenvalue weighted by Gasteiger charge is 2.16. The Labute approximate surface area is 124 Å². The second-order valence-corrected chi connectivity index (χ2v) is 4.95. The number of nitrogens with zero attached hydrogens (tertiary/aromatic N) is 2. The normalized spacial score (nSPS) is 12.2. The van der Waals surface area contributed by atoms with Crippen molar-refractivity contribution in [3.63, 3.8) is 0 Å². The largest absolute Gasteiger partial charge is 0.497 e. The van der Waals surface area contributed by atoms with E-state index in [-0.39, 0.29) is 11.9 Å². The minimum Gasteiger partial charge on any atom is -0.497 e. The highest BCUT2D eigenvalue weighted by Crippen LogP contribution is 2.22. The van der Waals surface area contributed by atoms with Crippen LogP contribution in [0.15, 0.2) is 36.7 Å². The van der Waals surface area contributed by atoms with Crippen LogP contribution in [0.4, 0.5) is 0 Å². The van der Waals surface area contributed by atoms with Crippen LogP contribution in [-0.4, -0.2) is 48.8 Å². The van der Waals surface area contributed by atoms with E-state index in [9.17, 15) is 4.79 Å². The molecule has 1 aromatic carbocycles. The number of ether oxygens (including phenoxy) is 1. The fraction of sp³-hybridized carbons (Fsp3) is 0.333. The number of rotatable bonds is 6. The molecular formula is C15H20N4O2. The Morgan fingerprint density at radius 3 is 2.90 bits per heavy atom. The van der Waals surface area contributed by atoms with Crippen LogP contribution >= 0.6 is 0 Å². The Morgan fingerprint density at radius 1 is 1.48 bits per heavy atom. The SMILES string of the molecule is COc1cccc(C(CNC(=O)c2cn[nH]c2)N(C)C)c1. The Hall–Kier alpha value is -2.34. The molecule has 0 aliphatic carbocycles. The van der Waals surface area contributed by atoms with E-state index in [1.165, 1.54) is 6.20 Å². The molecular weight excluding hydrogens is 268 g/mol. The van der Waals surface area contributed by atoms with Crippen molar-refractivity contribution in [3.05, 3.63) is 47.8 Å². The molecule has 1 amide bonds. The number of nitrogens with one attached hydrogen (secondary N) is 2. The van der Waals surface area contributed by atoms with E-state index in [1.54, 1.807) is 13.3 Å². The topological polar surface area (TPSA) is 70.2 Å². The maximum atomic E-state index is 12.0. The van der Waals surface area contributed by atoms with Gasteiger partial charge in [-0.15, -0.1) is 0 Å². The molecule has 0 radical (unpaired) electrons. The zero-order chi connectivity index (χ0) is 15.2. The monoisotopic (exact) mass is 288 g/mol. The third kappa shape index (κ3) is 3.82. The number of aromatic amines is 1. The van der Waals surface area contributed by atoms with Crippen molar-refractivity contribution in [2.45, 2.75) is 6.04 Å². The number of benzene rings is 1. The lowest BCUT2D eigenvalue weighted by Crippen LogP contribution is -2.34. The summed E-state index contributed by atoms with van der Waals surface area (Å²) in [6.45, 7) is 0.504. The van der Waals surface area contributed by atoms with Crippen LogP contribution in [0.25, 0.3) is 0 Å². The number of methoxy groups -OCH3 is 1. The van der Waals surface area contributed by atoms with Crippen molar-refractivity contribution in [3.8, 4) is 5.75 Å². The number of H-pyrrole nitrogens is 1. The van der Waals surface area contributed by atoms with E-state index in [0.29, 0.717) is 12.1 Å². The summed E-state index contributed by atoms with van der Waals surface area (Å²) in [5, 5.41) is 9.32. The Kier molecular flexibility index (Phi) is 4.94. The van der Waals surface area contributed by atoms with Gasteiger partial charge in [-0.1, -0.05) is 12.1 Å². The van der Waals surface area contributed by atoms with Crippen LogP contribution in [0, 0.1) is 0 Å². The predicted octanol–water partition coefficient (Wildman–Crippen LogP) is 1.45. The van der Waals surface area contributed by atoms with Gasteiger partial charge >= 0.3 is 0 Å². The molecule has 112 valence electrons. The van der Waals surface area contributed by atoms with Crippen LogP contribution < -0.4 is 10.1 Å². The Morgan fingerprint density at radius 2 is 2.29 bits per heavy atom. The smallest absolute Gasteiger partial charge is 0.254 e. The summed E-state index contributed by atoms with van der Waals surface area (Å²) >= 11 is 0. The average Bonchev–Trinajstić information content (AvgIpc) is 3.01. The van der Waals surface area contributed by atoms with Crippen molar-refractivity contribution < 1.29 is 9.53 Å². The zero-order valence-corrected chi connectivity index (χ0v) is 12.5. The molecule has 0 saturated heterocycles. The van der Waals surface area contributed by atoms with Crippen molar-refractivity contribution in [2.75, 3.05) is 27.7 Å². The molecule has 6 nitrogen and oxygen atoms in total. The average molecular weight is 288 g/mol. The maximum Gasteiger partial charge on any atom is 0.254 e. The highest BCUT2D eigenvalue weighted by molar-refractivity contribution is 5.93. The lowest BCUT2D eigenvalue weighted by atomic mass is 10.1. The van der Waals surface area contributed by atoms with Crippen LogP contribution in [0.1, 0.15) is 22.0 Å². The zero-order valence-electron chi connectivity index (χ0n) is 12.5. The number of amides is 1. The summed E-state index contributed by atoms with van der Waals surface area (Å²) in [5.74, 6) is 0.666. The van der Waals surface area contributed by atoms with E-state index >= 15 is 0 Å². The molecule has 0 aliphatic rings. The van der Waals surface area contributed by atoms with Gasteiger partial charge in [0.25, 0.3) is 5.91 Å². The number of hydrogen-bond donors (Lipinski definition) is 2. The van der Waals surface area contributed by atoms with Gasteiger partial charge in [0.05, 0.1) is 24.9 Å². The summed E-state index contributed by atoms with van der Waals surface area (Å²) < 4.78 is 5.25. The van der Waals surface area contributed by atoms with Crippen LogP contribution in [0.2, 0.25) is 0 Å². The van der Waals surface area contributed by atoms with Crippen LogP contribution in [0.5, 0.6) is 5.75 Å². The molecule has 6 heteroatoms.